The van der Waals surface area contributed by atoms with Gasteiger partial charge < -0.3 is 14.5 Å². The van der Waals surface area contributed by atoms with E-state index in [9.17, 15) is 18.0 Å². The van der Waals surface area contributed by atoms with Crippen molar-refractivity contribution in [3.05, 3.63) is 54.2 Å². The van der Waals surface area contributed by atoms with E-state index in [0.29, 0.717) is 39.0 Å². The molecule has 1 aromatic carbocycles. The molecule has 0 saturated carbocycles. The molecule has 33 heavy (non-hydrogen) atoms. The fraction of sp³-hybridized carbons (Fsp3) is 0.435. The van der Waals surface area contributed by atoms with Crippen LogP contribution in [0.1, 0.15) is 18.4 Å². The summed E-state index contributed by atoms with van der Waals surface area (Å²) in [6.45, 7) is 4.02. The largest absolute Gasteiger partial charge is 0.454 e. The number of hydrogen-bond donors (Lipinski definition) is 0. The average Bonchev–Trinajstić information content (AvgIpc) is 3.34. The quantitative estimate of drug-likeness (QED) is 0.587. The highest BCUT2D eigenvalue weighted by Crippen LogP contribution is 2.27. The minimum absolute atomic E-state index is 0.148. The van der Waals surface area contributed by atoms with Crippen LogP contribution < -0.4 is 4.90 Å². The number of esters is 1. The first kappa shape index (κ1) is 23.2. The molecule has 2 saturated heterocycles. The molecule has 176 valence electrons. The summed E-state index contributed by atoms with van der Waals surface area (Å²) < 4.78 is 32.5. The summed E-state index contributed by atoms with van der Waals surface area (Å²) in [5.74, 6) is -0.0919. The van der Waals surface area contributed by atoms with Crippen LogP contribution in [-0.4, -0.2) is 79.9 Å². The third-order valence-corrected chi connectivity index (χ3v) is 7.97. The van der Waals surface area contributed by atoms with E-state index < -0.39 is 28.6 Å². The van der Waals surface area contributed by atoms with Gasteiger partial charge in [0, 0.05) is 38.9 Å². The Morgan fingerprint density at radius 2 is 1.76 bits per heavy atom. The number of rotatable bonds is 6. The van der Waals surface area contributed by atoms with Gasteiger partial charge in [0.1, 0.15) is 11.9 Å². The van der Waals surface area contributed by atoms with Gasteiger partial charge in [0.2, 0.25) is 10.0 Å². The number of piperazine rings is 1. The number of aryl methyl sites for hydroxylation is 1. The lowest BCUT2D eigenvalue weighted by Crippen LogP contribution is -2.50. The van der Waals surface area contributed by atoms with E-state index in [2.05, 4.69) is 9.88 Å². The topological polar surface area (TPSA) is 100 Å². The lowest BCUT2D eigenvalue weighted by atomic mass is 10.2. The van der Waals surface area contributed by atoms with E-state index in [-0.39, 0.29) is 17.3 Å². The molecule has 4 rings (SSSR count). The minimum atomic E-state index is -3.82. The fourth-order valence-electron chi connectivity index (χ4n) is 4.16. The molecule has 2 aliphatic rings. The van der Waals surface area contributed by atoms with Crippen LogP contribution in [0.5, 0.6) is 0 Å². The summed E-state index contributed by atoms with van der Waals surface area (Å²) in [4.78, 5) is 33.5. The maximum Gasteiger partial charge on any atom is 0.324 e. The predicted octanol–water partition coefficient (Wildman–Crippen LogP) is 1.44. The molecule has 10 heteroatoms. The Morgan fingerprint density at radius 3 is 2.42 bits per heavy atom. The van der Waals surface area contributed by atoms with Crippen molar-refractivity contribution in [2.24, 2.45) is 0 Å². The van der Waals surface area contributed by atoms with Crippen molar-refractivity contribution in [3.8, 4) is 0 Å². The van der Waals surface area contributed by atoms with Crippen molar-refractivity contribution >= 4 is 27.7 Å². The van der Waals surface area contributed by atoms with Crippen molar-refractivity contribution in [2.75, 3.05) is 44.2 Å². The van der Waals surface area contributed by atoms with Crippen LogP contribution in [0.3, 0.4) is 0 Å². The lowest BCUT2D eigenvalue weighted by molar-refractivity contribution is -0.154. The Morgan fingerprint density at radius 1 is 1.03 bits per heavy atom. The number of amides is 1. The normalized spacial score (nSPS) is 19.5. The van der Waals surface area contributed by atoms with Crippen LogP contribution in [0.2, 0.25) is 0 Å². The van der Waals surface area contributed by atoms with Crippen molar-refractivity contribution in [1.82, 2.24) is 14.2 Å². The van der Waals surface area contributed by atoms with Crippen LogP contribution in [-0.2, 0) is 24.3 Å². The van der Waals surface area contributed by atoms with Crippen LogP contribution >= 0.6 is 0 Å². The molecule has 9 nitrogen and oxygen atoms in total. The van der Waals surface area contributed by atoms with Gasteiger partial charge in [-0.3, -0.25) is 9.59 Å². The Balaban J connectivity index is 1.31. The predicted molar refractivity (Wildman–Crippen MR) is 122 cm³/mol. The molecule has 2 aliphatic heterocycles. The summed E-state index contributed by atoms with van der Waals surface area (Å²) in [5.41, 5.74) is 0.950. The molecule has 1 atom stereocenters. The molecule has 2 aromatic rings. The van der Waals surface area contributed by atoms with E-state index in [1.807, 2.05) is 25.1 Å². The Bertz CT molecular complexity index is 1080. The van der Waals surface area contributed by atoms with Gasteiger partial charge in [0.25, 0.3) is 5.91 Å². The van der Waals surface area contributed by atoms with Crippen LogP contribution in [0, 0.1) is 6.92 Å². The molecule has 2 fully saturated rings. The number of hydrogen-bond acceptors (Lipinski definition) is 7. The number of nitrogens with zero attached hydrogens (tertiary/aromatic N) is 4. The van der Waals surface area contributed by atoms with Gasteiger partial charge in [-0.2, -0.15) is 4.31 Å². The zero-order valence-electron chi connectivity index (χ0n) is 18.6. The second-order valence-corrected chi connectivity index (χ2v) is 10.1. The zero-order chi connectivity index (χ0) is 23.4. The van der Waals surface area contributed by atoms with E-state index in [1.54, 1.807) is 35.4 Å². The molecule has 0 bridgehead atoms. The van der Waals surface area contributed by atoms with Gasteiger partial charge in [-0.25, -0.2) is 13.4 Å². The fourth-order valence-corrected chi connectivity index (χ4v) is 5.80. The van der Waals surface area contributed by atoms with Gasteiger partial charge >= 0.3 is 5.97 Å². The van der Waals surface area contributed by atoms with Crippen LogP contribution in [0.25, 0.3) is 0 Å². The highest BCUT2D eigenvalue weighted by molar-refractivity contribution is 7.89. The first-order valence-corrected chi connectivity index (χ1v) is 12.5. The maximum atomic E-state index is 13.0. The van der Waals surface area contributed by atoms with Gasteiger partial charge in [0.05, 0.1) is 4.90 Å². The monoisotopic (exact) mass is 472 g/mol. The molecule has 0 spiro atoms. The summed E-state index contributed by atoms with van der Waals surface area (Å²) >= 11 is 0. The highest BCUT2D eigenvalue weighted by Gasteiger charge is 2.40. The smallest absolute Gasteiger partial charge is 0.324 e. The van der Waals surface area contributed by atoms with Crippen LogP contribution in [0.15, 0.2) is 53.6 Å². The molecular formula is C23H28N4O5S. The number of carbonyl (C=O) groups excluding carboxylic acids is 2. The molecule has 0 N–H and O–H groups in total. The molecule has 3 heterocycles. The van der Waals surface area contributed by atoms with Crippen molar-refractivity contribution in [2.45, 2.75) is 30.7 Å². The second-order valence-electron chi connectivity index (χ2n) is 8.25. The summed E-state index contributed by atoms with van der Waals surface area (Å²) in [6.07, 6.45) is 2.67. The number of benzene rings is 1. The number of pyridine rings is 1. The SMILES string of the molecule is Cc1ccc(S(=O)(=O)N2CCC[C@H]2C(=O)OCC(=O)N2CCN(c3ccccn3)CC2)cc1. The summed E-state index contributed by atoms with van der Waals surface area (Å²) in [7, 11) is -3.82. The Kier molecular flexibility index (Phi) is 6.94. The van der Waals surface area contributed by atoms with Crippen molar-refractivity contribution in [3.63, 3.8) is 0 Å². The minimum Gasteiger partial charge on any atom is -0.454 e. The molecule has 0 aliphatic carbocycles. The number of ether oxygens (including phenoxy) is 1. The van der Waals surface area contributed by atoms with Gasteiger partial charge in [-0.15, -0.1) is 0 Å². The molecule has 0 unspecified atom stereocenters. The number of sulfonamides is 1. The van der Waals surface area contributed by atoms with E-state index in [0.717, 1.165) is 11.4 Å². The summed E-state index contributed by atoms with van der Waals surface area (Å²) in [5, 5.41) is 0. The van der Waals surface area contributed by atoms with Gasteiger partial charge in [0.15, 0.2) is 6.61 Å². The standard InChI is InChI=1S/C23H28N4O5S/c1-18-7-9-19(10-8-18)33(30,31)27-12-4-5-20(27)23(29)32-17-22(28)26-15-13-25(14-16-26)21-6-2-3-11-24-21/h2-3,6-11,20H,4-5,12-17H2,1H3/t20-/m0/s1. The van der Waals surface area contributed by atoms with Crippen LogP contribution in [0.4, 0.5) is 5.82 Å². The Hall–Kier alpha value is -2.98. The van der Waals surface area contributed by atoms with E-state index in [1.165, 1.54) is 4.31 Å². The van der Waals surface area contributed by atoms with Gasteiger partial charge in [-0.05, 0) is 44.0 Å². The highest BCUT2D eigenvalue weighted by atomic mass is 32.2. The van der Waals surface area contributed by atoms with E-state index >= 15 is 0 Å². The maximum absolute atomic E-state index is 13.0. The summed E-state index contributed by atoms with van der Waals surface area (Å²) in [6, 6.07) is 11.3. The van der Waals surface area contributed by atoms with Crippen molar-refractivity contribution < 1.29 is 22.7 Å². The third-order valence-electron chi connectivity index (χ3n) is 6.05. The molecule has 0 radical (unpaired) electrons. The second kappa shape index (κ2) is 9.88. The van der Waals surface area contributed by atoms with Gasteiger partial charge in [-0.1, -0.05) is 23.8 Å². The Labute approximate surface area is 194 Å². The number of anilines is 1. The lowest BCUT2D eigenvalue weighted by Gasteiger charge is -2.35. The zero-order valence-corrected chi connectivity index (χ0v) is 19.4. The number of aromatic nitrogens is 1. The molecular weight excluding hydrogens is 444 g/mol. The molecule has 1 aromatic heterocycles. The average molecular weight is 473 g/mol. The first-order chi connectivity index (χ1) is 15.9. The van der Waals surface area contributed by atoms with Crippen molar-refractivity contribution in [1.29, 1.82) is 0 Å². The first-order valence-electron chi connectivity index (χ1n) is 11.0. The molecule has 1 amide bonds. The third kappa shape index (κ3) is 5.17. The van der Waals surface area contributed by atoms with E-state index in [4.69, 9.17) is 4.74 Å². The number of carbonyl (C=O) groups is 2.